The van der Waals surface area contributed by atoms with Crippen LogP contribution in [0.2, 0.25) is 0 Å². The Balaban J connectivity index is 3.88. The Labute approximate surface area is 52.6 Å². The van der Waals surface area contributed by atoms with E-state index in [1.165, 1.54) is 0 Å². The summed E-state index contributed by atoms with van der Waals surface area (Å²) >= 11 is 0. The third-order valence-electron chi connectivity index (χ3n) is 0.909. The first-order valence-electron chi connectivity index (χ1n) is 2.36. The molecule has 0 bridgehead atoms. The average molecular weight is 131 g/mol. The topological polar surface area (TPSA) is 83.5 Å². The molecule has 0 saturated carbocycles. The van der Waals surface area contributed by atoms with E-state index in [9.17, 15) is 4.79 Å². The number of carbonyl (C=O) groups is 1. The lowest BCUT2D eigenvalue weighted by atomic mass is 10.1. The molecule has 0 fully saturated rings. The van der Waals surface area contributed by atoms with Crippen molar-refractivity contribution in [2.45, 2.75) is 6.04 Å². The van der Waals surface area contributed by atoms with Gasteiger partial charge < -0.3 is 15.9 Å². The van der Waals surface area contributed by atoms with E-state index in [1.54, 1.807) is 0 Å². The highest BCUT2D eigenvalue weighted by atomic mass is 16.4. The standard InChI is InChI=1S/C5H9NO3/c1-3(2-7)4(6)5(8)9/h4,7H,1-2,6H2,(H,8,9). The molecule has 0 saturated heterocycles. The molecule has 4 nitrogen and oxygen atoms in total. The average Bonchev–Trinajstić information content (AvgIpc) is 1.84. The molecule has 0 heterocycles. The quantitative estimate of drug-likeness (QED) is 0.426. The zero-order valence-corrected chi connectivity index (χ0v) is 4.87. The zero-order valence-electron chi connectivity index (χ0n) is 4.87. The molecule has 0 radical (unpaired) electrons. The maximum atomic E-state index is 10.0. The van der Waals surface area contributed by atoms with Gasteiger partial charge in [0.05, 0.1) is 6.61 Å². The maximum Gasteiger partial charge on any atom is 0.324 e. The highest BCUT2D eigenvalue weighted by Crippen LogP contribution is 1.93. The molecule has 4 heteroatoms. The third-order valence-corrected chi connectivity index (χ3v) is 0.909. The number of carboxylic acid groups (broad SMARTS) is 1. The first-order valence-corrected chi connectivity index (χ1v) is 2.36. The predicted octanol–water partition coefficient (Wildman–Crippen LogP) is -1.05. The molecule has 1 atom stereocenters. The Bertz CT molecular complexity index is 132. The number of aliphatic hydroxyl groups is 1. The molecule has 1 unspecified atom stereocenters. The highest BCUT2D eigenvalue weighted by Gasteiger charge is 2.13. The van der Waals surface area contributed by atoms with E-state index in [1.807, 2.05) is 0 Å². The molecule has 52 valence electrons. The number of aliphatic carboxylic acids is 1. The van der Waals surface area contributed by atoms with Gasteiger partial charge in [0, 0.05) is 0 Å². The number of hydrogen-bond acceptors (Lipinski definition) is 3. The van der Waals surface area contributed by atoms with Crippen LogP contribution in [0.3, 0.4) is 0 Å². The van der Waals surface area contributed by atoms with Crippen molar-refractivity contribution in [1.29, 1.82) is 0 Å². The summed E-state index contributed by atoms with van der Waals surface area (Å²) in [5.41, 5.74) is 5.12. The lowest BCUT2D eigenvalue weighted by Crippen LogP contribution is -2.32. The fourth-order valence-corrected chi connectivity index (χ4v) is 0.273. The van der Waals surface area contributed by atoms with Gasteiger partial charge in [-0.25, -0.2) is 0 Å². The van der Waals surface area contributed by atoms with Crippen LogP contribution >= 0.6 is 0 Å². The first kappa shape index (κ1) is 8.13. The third kappa shape index (κ3) is 2.25. The van der Waals surface area contributed by atoms with Crippen LogP contribution in [0.1, 0.15) is 0 Å². The molecule has 0 aromatic carbocycles. The van der Waals surface area contributed by atoms with Crippen LogP contribution in [0, 0.1) is 0 Å². The number of carboxylic acids is 1. The van der Waals surface area contributed by atoms with E-state index >= 15 is 0 Å². The Kier molecular flexibility index (Phi) is 2.90. The van der Waals surface area contributed by atoms with Gasteiger partial charge in [0.2, 0.25) is 0 Å². The molecule has 9 heavy (non-hydrogen) atoms. The molecule has 0 rings (SSSR count). The summed E-state index contributed by atoms with van der Waals surface area (Å²) < 4.78 is 0. The van der Waals surface area contributed by atoms with Crippen LogP contribution in [0.4, 0.5) is 0 Å². The van der Waals surface area contributed by atoms with Crippen molar-refractivity contribution in [3.05, 3.63) is 12.2 Å². The van der Waals surface area contributed by atoms with Crippen molar-refractivity contribution in [2.24, 2.45) is 5.73 Å². The van der Waals surface area contributed by atoms with Crippen molar-refractivity contribution in [2.75, 3.05) is 6.61 Å². The summed E-state index contributed by atoms with van der Waals surface area (Å²) in [5, 5.41) is 16.5. The predicted molar refractivity (Wildman–Crippen MR) is 31.8 cm³/mol. The SMILES string of the molecule is C=C(CO)C(N)C(=O)O. The minimum Gasteiger partial charge on any atom is -0.480 e. The molecule has 0 spiro atoms. The Morgan fingerprint density at radius 1 is 1.78 bits per heavy atom. The maximum absolute atomic E-state index is 10.0. The van der Waals surface area contributed by atoms with Gasteiger partial charge in [0.25, 0.3) is 0 Å². The Morgan fingerprint density at radius 3 is 2.33 bits per heavy atom. The van der Waals surface area contributed by atoms with Gasteiger partial charge in [-0.1, -0.05) is 6.58 Å². The van der Waals surface area contributed by atoms with E-state index in [0.717, 1.165) is 0 Å². The summed E-state index contributed by atoms with van der Waals surface area (Å²) in [7, 11) is 0. The van der Waals surface area contributed by atoms with E-state index < -0.39 is 12.0 Å². The van der Waals surface area contributed by atoms with Crippen molar-refractivity contribution in [3.8, 4) is 0 Å². The molecular weight excluding hydrogens is 122 g/mol. The van der Waals surface area contributed by atoms with Crippen molar-refractivity contribution in [3.63, 3.8) is 0 Å². The van der Waals surface area contributed by atoms with Gasteiger partial charge in [0.15, 0.2) is 0 Å². The Hall–Kier alpha value is -0.870. The molecule has 4 N–H and O–H groups in total. The zero-order chi connectivity index (χ0) is 7.44. The normalized spacial score (nSPS) is 12.7. The minimum absolute atomic E-state index is 0.113. The molecule has 0 aliphatic heterocycles. The van der Waals surface area contributed by atoms with Crippen LogP contribution in [-0.4, -0.2) is 28.8 Å². The van der Waals surface area contributed by atoms with E-state index in [2.05, 4.69) is 6.58 Å². The van der Waals surface area contributed by atoms with Crippen LogP contribution in [0.15, 0.2) is 12.2 Å². The number of rotatable bonds is 3. The largest absolute Gasteiger partial charge is 0.480 e. The fourth-order valence-electron chi connectivity index (χ4n) is 0.273. The molecule has 0 amide bonds. The van der Waals surface area contributed by atoms with Crippen LogP contribution in [0.5, 0.6) is 0 Å². The van der Waals surface area contributed by atoms with Gasteiger partial charge in [-0.05, 0) is 5.57 Å². The lowest BCUT2D eigenvalue weighted by Gasteiger charge is -2.05. The summed E-state index contributed by atoms with van der Waals surface area (Å²) in [6.07, 6.45) is 0. The minimum atomic E-state index is -1.17. The molecule has 0 aromatic rings. The molecular formula is C5H9NO3. The number of aliphatic hydroxyl groups excluding tert-OH is 1. The first-order chi connectivity index (χ1) is 4.09. The van der Waals surface area contributed by atoms with Gasteiger partial charge in [-0.15, -0.1) is 0 Å². The van der Waals surface area contributed by atoms with E-state index in [0.29, 0.717) is 0 Å². The van der Waals surface area contributed by atoms with Crippen molar-refractivity contribution >= 4 is 5.97 Å². The molecule has 0 aromatic heterocycles. The van der Waals surface area contributed by atoms with Crippen LogP contribution in [0.25, 0.3) is 0 Å². The van der Waals surface area contributed by atoms with E-state index in [-0.39, 0.29) is 12.2 Å². The second-order valence-corrected chi connectivity index (χ2v) is 1.63. The van der Waals surface area contributed by atoms with Gasteiger partial charge in [0.1, 0.15) is 6.04 Å². The number of nitrogens with two attached hydrogens (primary N) is 1. The summed E-state index contributed by atoms with van der Waals surface area (Å²) in [5.74, 6) is -1.17. The van der Waals surface area contributed by atoms with Crippen molar-refractivity contribution < 1.29 is 15.0 Å². The summed E-state index contributed by atoms with van der Waals surface area (Å²) in [4.78, 5) is 10.0. The van der Waals surface area contributed by atoms with Gasteiger partial charge in [-0.2, -0.15) is 0 Å². The summed E-state index contributed by atoms with van der Waals surface area (Å²) in [6, 6.07) is -1.14. The van der Waals surface area contributed by atoms with Crippen molar-refractivity contribution in [1.82, 2.24) is 0 Å². The van der Waals surface area contributed by atoms with Gasteiger partial charge in [-0.3, -0.25) is 4.79 Å². The van der Waals surface area contributed by atoms with Crippen LogP contribution in [-0.2, 0) is 4.79 Å². The summed E-state index contributed by atoms with van der Waals surface area (Å²) in [6.45, 7) is 2.86. The molecule has 0 aliphatic carbocycles. The lowest BCUT2D eigenvalue weighted by molar-refractivity contribution is -0.137. The van der Waals surface area contributed by atoms with Crippen LogP contribution < -0.4 is 5.73 Å². The highest BCUT2D eigenvalue weighted by molar-refractivity contribution is 5.76. The van der Waals surface area contributed by atoms with Gasteiger partial charge >= 0.3 is 5.97 Å². The van der Waals surface area contributed by atoms with E-state index in [4.69, 9.17) is 15.9 Å². The molecule has 0 aliphatic rings. The monoisotopic (exact) mass is 131 g/mol. The second kappa shape index (κ2) is 3.21. The second-order valence-electron chi connectivity index (χ2n) is 1.63. The Morgan fingerprint density at radius 2 is 2.22 bits per heavy atom. The fraction of sp³-hybridized carbons (Fsp3) is 0.400. The number of hydrogen-bond donors (Lipinski definition) is 3. The smallest absolute Gasteiger partial charge is 0.324 e.